The number of carbonyl (C=O) groups is 2. The third-order valence-electron chi connectivity index (χ3n) is 3.73. The van der Waals surface area contributed by atoms with E-state index >= 15 is 0 Å². The first-order chi connectivity index (χ1) is 12.6. The maximum atomic E-state index is 12.7. The molecule has 7 heteroatoms. The summed E-state index contributed by atoms with van der Waals surface area (Å²) in [5, 5.41) is 11.2. The van der Waals surface area contributed by atoms with Gasteiger partial charge in [-0.1, -0.05) is 41.6 Å². The third kappa shape index (κ3) is 5.03. The molecular weight excluding hydrogens is 350 g/mol. The van der Waals surface area contributed by atoms with E-state index in [1.807, 2.05) is 47.8 Å². The van der Waals surface area contributed by atoms with Crippen molar-refractivity contribution in [2.45, 2.75) is 25.8 Å². The van der Waals surface area contributed by atoms with Crippen LogP contribution in [0.1, 0.15) is 16.2 Å². The van der Waals surface area contributed by atoms with E-state index in [1.165, 1.54) is 11.3 Å². The number of amides is 2. The van der Waals surface area contributed by atoms with Crippen molar-refractivity contribution in [3.63, 3.8) is 0 Å². The second kappa shape index (κ2) is 8.44. The average Bonchev–Trinajstić information content (AvgIpc) is 3.27. The van der Waals surface area contributed by atoms with Crippen molar-refractivity contribution in [3.05, 3.63) is 70.1 Å². The Hall–Kier alpha value is -2.93. The lowest BCUT2D eigenvalue weighted by molar-refractivity contribution is -0.126. The molecule has 134 valence electrons. The Morgan fingerprint density at radius 1 is 1.19 bits per heavy atom. The van der Waals surface area contributed by atoms with Crippen LogP contribution < -0.4 is 10.6 Å². The van der Waals surface area contributed by atoms with Crippen LogP contribution in [-0.4, -0.2) is 23.0 Å². The lowest BCUT2D eigenvalue weighted by atomic mass is 10.0. The summed E-state index contributed by atoms with van der Waals surface area (Å²) in [6.45, 7) is 1.74. The van der Waals surface area contributed by atoms with Crippen LogP contribution in [0.5, 0.6) is 0 Å². The maximum absolute atomic E-state index is 12.7. The number of thiophene rings is 1. The molecule has 0 fully saturated rings. The lowest BCUT2D eigenvalue weighted by Gasteiger charge is -2.18. The molecule has 0 aliphatic rings. The molecule has 3 rings (SSSR count). The molecule has 0 bridgehead atoms. The highest BCUT2D eigenvalue weighted by atomic mass is 32.1. The van der Waals surface area contributed by atoms with E-state index in [2.05, 4.69) is 15.8 Å². The molecule has 26 heavy (non-hydrogen) atoms. The van der Waals surface area contributed by atoms with Gasteiger partial charge in [0.05, 0.1) is 6.42 Å². The van der Waals surface area contributed by atoms with Crippen molar-refractivity contribution in [2.75, 3.05) is 5.32 Å². The van der Waals surface area contributed by atoms with Gasteiger partial charge in [0.25, 0.3) is 0 Å². The van der Waals surface area contributed by atoms with Gasteiger partial charge in [-0.05, 0) is 23.9 Å². The van der Waals surface area contributed by atoms with E-state index in [4.69, 9.17) is 4.52 Å². The van der Waals surface area contributed by atoms with E-state index in [0.29, 0.717) is 18.0 Å². The number of nitrogens with one attached hydrogen (secondary N) is 2. The summed E-state index contributed by atoms with van der Waals surface area (Å²) in [4.78, 5) is 26.0. The van der Waals surface area contributed by atoms with Crippen LogP contribution >= 0.6 is 11.3 Å². The number of benzene rings is 1. The highest BCUT2D eigenvalue weighted by Gasteiger charge is 2.22. The van der Waals surface area contributed by atoms with Crippen LogP contribution in [-0.2, 0) is 22.4 Å². The van der Waals surface area contributed by atoms with Gasteiger partial charge in [-0.25, -0.2) is 0 Å². The molecule has 2 heterocycles. The standard InChI is InChI=1S/C19H19N3O3S/c1-13-10-17(22-25-13)21-19(24)16(11-14-6-3-2-4-7-14)20-18(23)12-15-8-5-9-26-15/h2-10,16H,11-12H2,1H3,(H,20,23)(H,21,22,24). The molecule has 0 saturated heterocycles. The van der Waals surface area contributed by atoms with Gasteiger partial charge in [0.2, 0.25) is 11.8 Å². The summed E-state index contributed by atoms with van der Waals surface area (Å²) >= 11 is 1.51. The second-order valence-electron chi connectivity index (χ2n) is 5.88. The Balaban J connectivity index is 1.69. The van der Waals surface area contributed by atoms with Crippen molar-refractivity contribution in [3.8, 4) is 0 Å². The SMILES string of the molecule is Cc1cc(NC(=O)C(Cc2ccccc2)NC(=O)Cc2cccs2)no1. The summed E-state index contributed by atoms with van der Waals surface area (Å²) in [5.41, 5.74) is 0.959. The van der Waals surface area contributed by atoms with Crippen molar-refractivity contribution in [1.82, 2.24) is 10.5 Å². The predicted molar refractivity (Wildman–Crippen MR) is 100.0 cm³/mol. The quantitative estimate of drug-likeness (QED) is 0.671. The molecule has 2 N–H and O–H groups in total. The molecule has 0 spiro atoms. The molecule has 0 aliphatic heterocycles. The number of nitrogens with zero attached hydrogens (tertiary/aromatic N) is 1. The highest BCUT2D eigenvalue weighted by Crippen LogP contribution is 2.12. The zero-order chi connectivity index (χ0) is 18.4. The largest absolute Gasteiger partial charge is 0.360 e. The fraction of sp³-hybridized carbons (Fsp3) is 0.211. The molecule has 0 aliphatic carbocycles. The van der Waals surface area contributed by atoms with Crippen LogP contribution in [0.2, 0.25) is 0 Å². The number of aryl methyl sites for hydroxylation is 1. The van der Waals surface area contributed by atoms with Crippen LogP contribution in [0.25, 0.3) is 0 Å². The summed E-state index contributed by atoms with van der Waals surface area (Å²) in [5.74, 6) is 0.404. The minimum atomic E-state index is -0.707. The average molecular weight is 369 g/mol. The lowest BCUT2D eigenvalue weighted by Crippen LogP contribution is -2.45. The van der Waals surface area contributed by atoms with Gasteiger partial charge in [-0.2, -0.15) is 0 Å². The molecule has 1 atom stereocenters. The van der Waals surface area contributed by atoms with Gasteiger partial charge in [-0.3, -0.25) is 9.59 Å². The fourth-order valence-corrected chi connectivity index (χ4v) is 3.22. The first-order valence-electron chi connectivity index (χ1n) is 8.20. The Morgan fingerprint density at radius 3 is 2.65 bits per heavy atom. The van der Waals surface area contributed by atoms with Gasteiger partial charge < -0.3 is 15.2 Å². The molecule has 1 unspecified atom stereocenters. The highest BCUT2D eigenvalue weighted by molar-refractivity contribution is 7.10. The van der Waals surface area contributed by atoms with Gasteiger partial charge in [-0.15, -0.1) is 11.3 Å². The summed E-state index contributed by atoms with van der Waals surface area (Å²) in [6, 6.07) is 14.3. The molecule has 1 aromatic carbocycles. The Labute approximate surface area is 155 Å². The Kier molecular flexibility index (Phi) is 5.80. The maximum Gasteiger partial charge on any atom is 0.248 e. The van der Waals surface area contributed by atoms with Gasteiger partial charge in [0, 0.05) is 17.4 Å². The van der Waals surface area contributed by atoms with Crippen molar-refractivity contribution in [2.24, 2.45) is 0 Å². The number of aromatic nitrogens is 1. The molecule has 0 saturated carbocycles. The molecule has 2 aromatic heterocycles. The van der Waals surface area contributed by atoms with Gasteiger partial charge in [0.15, 0.2) is 5.82 Å². The normalized spacial score (nSPS) is 11.7. The zero-order valence-electron chi connectivity index (χ0n) is 14.3. The summed E-state index contributed by atoms with van der Waals surface area (Å²) in [7, 11) is 0. The number of anilines is 1. The third-order valence-corrected chi connectivity index (χ3v) is 4.60. The summed E-state index contributed by atoms with van der Waals surface area (Å²) < 4.78 is 4.96. The van der Waals surface area contributed by atoms with E-state index < -0.39 is 6.04 Å². The van der Waals surface area contributed by atoms with Gasteiger partial charge in [0.1, 0.15) is 11.8 Å². The minimum Gasteiger partial charge on any atom is -0.360 e. The van der Waals surface area contributed by atoms with Crippen molar-refractivity contribution < 1.29 is 14.1 Å². The number of carbonyl (C=O) groups excluding carboxylic acids is 2. The number of hydrogen-bond donors (Lipinski definition) is 2. The Morgan fingerprint density at radius 2 is 2.00 bits per heavy atom. The monoisotopic (exact) mass is 369 g/mol. The number of rotatable bonds is 7. The molecule has 3 aromatic rings. The van der Waals surface area contributed by atoms with Crippen molar-refractivity contribution >= 4 is 29.0 Å². The minimum absolute atomic E-state index is 0.195. The van der Waals surface area contributed by atoms with Crippen LogP contribution in [0.15, 0.2) is 58.4 Å². The van der Waals surface area contributed by atoms with Crippen LogP contribution in [0.3, 0.4) is 0 Å². The number of hydrogen-bond acceptors (Lipinski definition) is 5. The summed E-state index contributed by atoms with van der Waals surface area (Å²) in [6.07, 6.45) is 0.638. The first kappa shape index (κ1) is 17.9. The van der Waals surface area contributed by atoms with E-state index in [-0.39, 0.29) is 18.2 Å². The van der Waals surface area contributed by atoms with Crippen molar-refractivity contribution in [1.29, 1.82) is 0 Å². The van der Waals surface area contributed by atoms with Crippen LogP contribution in [0, 0.1) is 6.92 Å². The molecule has 0 radical (unpaired) electrons. The smallest absolute Gasteiger partial charge is 0.248 e. The molecule has 6 nitrogen and oxygen atoms in total. The van der Waals surface area contributed by atoms with E-state index in [9.17, 15) is 9.59 Å². The second-order valence-corrected chi connectivity index (χ2v) is 6.91. The topological polar surface area (TPSA) is 84.2 Å². The van der Waals surface area contributed by atoms with E-state index in [0.717, 1.165) is 10.4 Å². The van der Waals surface area contributed by atoms with E-state index in [1.54, 1.807) is 13.0 Å². The predicted octanol–water partition coefficient (Wildman–Crippen LogP) is 2.95. The molecular formula is C19H19N3O3S. The van der Waals surface area contributed by atoms with Crippen LogP contribution in [0.4, 0.5) is 5.82 Å². The zero-order valence-corrected chi connectivity index (χ0v) is 15.1. The Bertz CT molecular complexity index is 859. The fourth-order valence-electron chi connectivity index (χ4n) is 2.51. The molecule has 2 amide bonds. The first-order valence-corrected chi connectivity index (χ1v) is 9.08. The van der Waals surface area contributed by atoms with Gasteiger partial charge >= 0.3 is 0 Å².